The van der Waals surface area contributed by atoms with Crippen molar-refractivity contribution in [1.29, 1.82) is 0 Å². The number of hydrogen-bond acceptors (Lipinski definition) is 2. The highest BCUT2D eigenvalue weighted by molar-refractivity contribution is 14.1. The Morgan fingerprint density at radius 2 is 1.85 bits per heavy atom. The standard InChI is InChI=1S/C13H15F3INO2/c1-12(2,3)20-11(19)18-7-8-4-9(13(14,15)16)6-10(17)5-8/h4-6H,7H2,1-3H3,(H,18,19). The highest BCUT2D eigenvalue weighted by atomic mass is 127. The lowest BCUT2D eigenvalue weighted by molar-refractivity contribution is -0.137. The van der Waals surface area contributed by atoms with Crippen molar-refractivity contribution in [2.24, 2.45) is 0 Å². The molecule has 1 rings (SSSR count). The third kappa shape index (κ3) is 5.98. The number of carbonyl (C=O) groups excluding carboxylic acids is 1. The van der Waals surface area contributed by atoms with Crippen LogP contribution >= 0.6 is 22.6 Å². The first-order valence-electron chi connectivity index (χ1n) is 5.81. The predicted molar refractivity (Wildman–Crippen MR) is 77.2 cm³/mol. The molecule has 0 aliphatic heterocycles. The molecular weight excluding hydrogens is 386 g/mol. The number of benzene rings is 1. The maximum absolute atomic E-state index is 12.7. The predicted octanol–water partition coefficient (Wildman–Crippen LogP) is 4.33. The molecule has 112 valence electrons. The van der Waals surface area contributed by atoms with Crippen LogP contribution in [0.5, 0.6) is 0 Å². The lowest BCUT2D eigenvalue weighted by Crippen LogP contribution is -2.32. The Kier molecular flexibility index (Phi) is 5.28. The van der Waals surface area contributed by atoms with Crippen molar-refractivity contribution < 1.29 is 22.7 Å². The lowest BCUT2D eigenvalue weighted by atomic mass is 10.1. The third-order valence-electron chi connectivity index (χ3n) is 2.12. The van der Waals surface area contributed by atoms with Crippen LogP contribution in [0.3, 0.4) is 0 Å². The lowest BCUT2D eigenvalue weighted by Gasteiger charge is -2.19. The fraction of sp³-hybridized carbons (Fsp3) is 0.462. The van der Waals surface area contributed by atoms with Gasteiger partial charge in [-0.05, 0) is 67.1 Å². The van der Waals surface area contributed by atoms with Crippen molar-refractivity contribution in [2.45, 2.75) is 39.1 Å². The summed E-state index contributed by atoms with van der Waals surface area (Å²) in [6, 6.07) is 3.64. The minimum atomic E-state index is -4.40. The van der Waals surface area contributed by atoms with Gasteiger partial charge in [0.15, 0.2) is 0 Å². The smallest absolute Gasteiger partial charge is 0.416 e. The minimum absolute atomic E-state index is 0.0190. The van der Waals surface area contributed by atoms with Crippen LogP contribution in [-0.2, 0) is 17.5 Å². The molecule has 0 atom stereocenters. The first-order valence-corrected chi connectivity index (χ1v) is 6.89. The summed E-state index contributed by atoms with van der Waals surface area (Å²) < 4.78 is 43.4. The largest absolute Gasteiger partial charge is 0.444 e. The number of rotatable bonds is 2. The number of amides is 1. The van der Waals surface area contributed by atoms with E-state index in [1.807, 2.05) is 0 Å². The molecule has 0 saturated heterocycles. The molecule has 20 heavy (non-hydrogen) atoms. The number of halogens is 4. The molecule has 1 amide bonds. The summed E-state index contributed by atoms with van der Waals surface area (Å²) in [6.45, 7) is 5.11. The average Bonchev–Trinajstić information content (AvgIpc) is 2.22. The summed E-state index contributed by atoms with van der Waals surface area (Å²) in [7, 11) is 0. The second kappa shape index (κ2) is 6.19. The number of hydrogen-bond donors (Lipinski definition) is 1. The van der Waals surface area contributed by atoms with Crippen molar-refractivity contribution in [2.75, 3.05) is 0 Å². The van der Waals surface area contributed by atoms with E-state index in [0.717, 1.165) is 12.1 Å². The molecule has 0 bridgehead atoms. The fourth-order valence-electron chi connectivity index (χ4n) is 1.40. The molecule has 0 aromatic heterocycles. The number of carbonyl (C=O) groups is 1. The summed E-state index contributed by atoms with van der Waals surface area (Å²) in [6.07, 6.45) is -5.06. The number of ether oxygens (including phenoxy) is 1. The van der Waals surface area contributed by atoms with Crippen molar-refractivity contribution in [1.82, 2.24) is 5.32 Å². The van der Waals surface area contributed by atoms with Gasteiger partial charge in [-0.1, -0.05) is 0 Å². The number of nitrogens with one attached hydrogen (secondary N) is 1. The van der Waals surface area contributed by atoms with E-state index in [9.17, 15) is 18.0 Å². The van der Waals surface area contributed by atoms with Crippen LogP contribution in [0, 0.1) is 3.57 Å². The molecule has 3 nitrogen and oxygen atoms in total. The zero-order valence-corrected chi connectivity index (χ0v) is 13.4. The average molecular weight is 401 g/mol. The highest BCUT2D eigenvalue weighted by Gasteiger charge is 2.31. The molecule has 0 heterocycles. The van der Waals surface area contributed by atoms with E-state index in [1.54, 1.807) is 49.4 Å². The van der Waals surface area contributed by atoms with E-state index in [4.69, 9.17) is 4.74 Å². The molecule has 0 spiro atoms. The van der Waals surface area contributed by atoms with E-state index in [0.29, 0.717) is 9.13 Å². The fourth-order valence-corrected chi connectivity index (χ4v) is 2.14. The molecule has 0 unspecified atom stereocenters. The number of alkyl halides is 3. The van der Waals surface area contributed by atoms with Gasteiger partial charge in [0, 0.05) is 10.1 Å². The zero-order valence-electron chi connectivity index (χ0n) is 11.3. The maximum atomic E-state index is 12.7. The van der Waals surface area contributed by atoms with Gasteiger partial charge in [-0.25, -0.2) is 4.79 Å². The van der Waals surface area contributed by atoms with Gasteiger partial charge < -0.3 is 10.1 Å². The molecule has 1 N–H and O–H groups in total. The Labute approximate surface area is 129 Å². The van der Waals surface area contributed by atoms with E-state index in [1.165, 1.54) is 0 Å². The Bertz CT molecular complexity index is 495. The molecule has 0 aliphatic rings. The molecule has 0 saturated carbocycles. The summed E-state index contributed by atoms with van der Waals surface area (Å²) in [4.78, 5) is 11.4. The van der Waals surface area contributed by atoms with E-state index >= 15 is 0 Å². The minimum Gasteiger partial charge on any atom is -0.444 e. The quantitative estimate of drug-likeness (QED) is 0.750. The Balaban J connectivity index is 2.74. The molecule has 7 heteroatoms. The Hall–Kier alpha value is -0.990. The SMILES string of the molecule is CC(C)(C)OC(=O)NCc1cc(I)cc(C(F)(F)F)c1. The highest BCUT2D eigenvalue weighted by Crippen LogP contribution is 2.31. The van der Waals surface area contributed by atoms with E-state index < -0.39 is 23.4 Å². The van der Waals surface area contributed by atoms with Crippen LogP contribution in [0.2, 0.25) is 0 Å². The second-order valence-corrected chi connectivity index (χ2v) is 6.45. The van der Waals surface area contributed by atoms with Crippen molar-refractivity contribution in [3.63, 3.8) is 0 Å². The molecule has 0 fully saturated rings. The summed E-state index contributed by atoms with van der Waals surface area (Å²) >= 11 is 1.81. The first kappa shape index (κ1) is 17.1. The topological polar surface area (TPSA) is 38.3 Å². The summed E-state index contributed by atoms with van der Waals surface area (Å²) in [5.74, 6) is 0. The third-order valence-corrected chi connectivity index (χ3v) is 2.74. The molecule has 0 radical (unpaired) electrons. The van der Waals surface area contributed by atoms with Gasteiger partial charge in [0.1, 0.15) is 5.60 Å². The van der Waals surface area contributed by atoms with Gasteiger partial charge in [-0.3, -0.25) is 0 Å². The van der Waals surface area contributed by atoms with Crippen LogP contribution in [0.15, 0.2) is 18.2 Å². The number of alkyl carbamates (subject to hydrolysis) is 1. The van der Waals surface area contributed by atoms with Crippen molar-refractivity contribution in [3.8, 4) is 0 Å². The van der Waals surface area contributed by atoms with Gasteiger partial charge >= 0.3 is 12.3 Å². The van der Waals surface area contributed by atoms with Crippen molar-refractivity contribution in [3.05, 3.63) is 32.9 Å². The molecule has 0 aliphatic carbocycles. The van der Waals surface area contributed by atoms with Crippen LogP contribution in [0.4, 0.5) is 18.0 Å². The molecule has 1 aromatic rings. The van der Waals surface area contributed by atoms with Crippen LogP contribution in [0.1, 0.15) is 31.9 Å². The van der Waals surface area contributed by atoms with Gasteiger partial charge in [0.2, 0.25) is 0 Å². The van der Waals surface area contributed by atoms with Gasteiger partial charge in [-0.15, -0.1) is 0 Å². The monoisotopic (exact) mass is 401 g/mol. The molecule has 1 aromatic carbocycles. The van der Waals surface area contributed by atoms with Crippen molar-refractivity contribution >= 4 is 28.7 Å². The Morgan fingerprint density at radius 1 is 1.25 bits per heavy atom. The first-order chi connectivity index (χ1) is 8.97. The van der Waals surface area contributed by atoms with E-state index in [2.05, 4.69) is 5.32 Å². The zero-order chi connectivity index (χ0) is 15.6. The summed E-state index contributed by atoms with van der Waals surface area (Å²) in [5.41, 5.74) is -1.01. The van der Waals surface area contributed by atoms with Crippen LogP contribution in [-0.4, -0.2) is 11.7 Å². The molecular formula is C13H15F3INO2. The van der Waals surface area contributed by atoms with Crippen LogP contribution < -0.4 is 5.32 Å². The summed E-state index contributed by atoms with van der Waals surface area (Å²) in [5, 5.41) is 2.43. The normalized spacial score (nSPS) is 12.2. The maximum Gasteiger partial charge on any atom is 0.416 e. The van der Waals surface area contributed by atoms with E-state index in [-0.39, 0.29) is 6.54 Å². The van der Waals surface area contributed by atoms with Gasteiger partial charge in [0.05, 0.1) is 5.56 Å². The van der Waals surface area contributed by atoms with Crippen LogP contribution in [0.25, 0.3) is 0 Å². The van der Waals surface area contributed by atoms with Gasteiger partial charge in [0.25, 0.3) is 0 Å². The van der Waals surface area contributed by atoms with Gasteiger partial charge in [-0.2, -0.15) is 13.2 Å². The second-order valence-electron chi connectivity index (χ2n) is 5.20. The Morgan fingerprint density at radius 3 is 2.35 bits per heavy atom.